The predicted molar refractivity (Wildman–Crippen MR) is 155 cm³/mol. The zero-order chi connectivity index (χ0) is 29.7. The molecule has 4 rings (SSSR count). The average Bonchev–Trinajstić information content (AvgIpc) is 3.17. The molecule has 10 nitrogen and oxygen atoms in total. The van der Waals surface area contributed by atoms with Gasteiger partial charge < -0.3 is 14.8 Å². The summed E-state index contributed by atoms with van der Waals surface area (Å²) in [7, 11) is 0. The van der Waals surface area contributed by atoms with E-state index in [9.17, 15) is 33.3 Å². The van der Waals surface area contributed by atoms with Crippen LogP contribution < -0.4 is 14.8 Å². The molecule has 1 N–H and O–H groups in total. The maximum atomic E-state index is 13.8. The number of thioether (sulfide) groups is 1. The number of nitro benzene ring substituents is 1. The molecule has 0 unspecified atom stereocenters. The van der Waals surface area contributed by atoms with E-state index in [-0.39, 0.29) is 22.9 Å². The molecule has 0 saturated carbocycles. The number of non-ortho nitro benzene ring substituents is 1. The van der Waals surface area contributed by atoms with Crippen LogP contribution in [0.1, 0.15) is 18.1 Å². The minimum absolute atomic E-state index is 0.0329. The normalized spacial score (nSPS) is 14.0. The molecule has 3 aromatic carbocycles. The van der Waals surface area contributed by atoms with E-state index in [4.69, 9.17) is 9.47 Å². The van der Waals surface area contributed by atoms with Crippen molar-refractivity contribution in [2.75, 3.05) is 18.5 Å². The highest BCUT2D eigenvalue weighted by atomic mass is 127. The molecule has 1 saturated heterocycles. The summed E-state index contributed by atoms with van der Waals surface area (Å²) in [6.07, 6.45) is 1.48. The van der Waals surface area contributed by atoms with Crippen LogP contribution in [0, 0.1) is 25.3 Å². The van der Waals surface area contributed by atoms with Crippen molar-refractivity contribution >= 4 is 68.9 Å². The van der Waals surface area contributed by atoms with Gasteiger partial charge in [0, 0.05) is 18.2 Å². The number of imide groups is 1. The monoisotopic (exact) mass is 695 g/mol. The van der Waals surface area contributed by atoms with Gasteiger partial charge in [0.25, 0.3) is 16.8 Å². The van der Waals surface area contributed by atoms with Crippen molar-refractivity contribution in [3.63, 3.8) is 0 Å². The van der Waals surface area contributed by atoms with Gasteiger partial charge in [-0.25, -0.2) is 8.78 Å². The number of anilines is 1. The number of nitrogens with zero attached hydrogens (tertiary/aromatic N) is 2. The number of amides is 3. The fourth-order valence-corrected chi connectivity index (χ4v) is 5.27. The largest absolute Gasteiger partial charge is 0.490 e. The minimum atomic E-state index is -0.993. The number of nitro groups is 1. The standard InChI is InChI=1S/C27H20F2IN3O7S/c1-2-39-22-10-16(9-20(30)25(22)40-14-15-3-6-18(7-4-15)33(37)38)11-23-26(35)32(27(36)41-23)13-24(34)31-21-8-5-17(28)12-19(21)29/h3-12H,2,13-14H2,1H3,(H,31,34)/b23-11+. The van der Waals surface area contributed by atoms with Crippen LogP contribution >= 0.6 is 34.4 Å². The van der Waals surface area contributed by atoms with Crippen LogP contribution in [0.2, 0.25) is 0 Å². The summed E-state index contributed by atoms with van der Waals surface area (Å²) >= 11 is 2.68. The van der Waals surface area contributed by atoms with Crippen LogP contribution in [0.25, 0.3) is 6.08 Å². The highest BCUT2D eigenvalue weighted by Gasteiger charge is 2.36. The first-order chi connectivity index (χ1) is 19.5. The van der Waals surface area contributed by atoms with Crippen LogP contribution in [0.4, 0.5) is 25.0 Å². The molecular weight excluding hydrogens is 675 g/mol. The number of carbonyl (C=O) groups excluding carboxylic acids is 3. The van der Waals surface area contributed by atoms with E-state index in [1.54, 1.807) is 31.2 Å². The average molecular weight is 695 g/mol. The number of hydrogen-bond donors (Lipinski definition) is 1. The Morgan fingerprint density at radius 3 is 2.51 bits per heavy atom. The maximum Gasteiger partial charge on any atom is 0.294 e. The lowest BCUT2D eigenvalue weighted by atomic mass is 10.1. The van der Waals surface area contributed by atoms with Gasteiger partial charge in [-0.2, -0.15) is 0 Å². The van der Waals surface area contributed by atoms with Gasteiger partial charge in [-0.15, -0.1) is 0 Å². The summed E-state index contributed by atoms with van der Waals surface area (Å²) in [6.45, 7) is 1.56. The smallest absolute Gasteiger partial charge is 0.294 e. The van der Waals surface area contributed by atoms with Gasteiger partial charge in [0.2, 0.25) is 5.91 Å². The number of hydrogen-bond acceptors (Lipinski definition) is 8. The molecule has 1 fully saturated rings. The first-order valence-electron chi connectivity index (χ1n) is 11.9. The van der Waals surface area contributed by atoms with E-state index in [0.717, 1.165) is 17.0 Å². The quantitative estimate of drug-likeness (QED) is 0.116. The van der Waals surface area contributed by atoms with E-state index in [1.165, 1.54) is 18.2 Å². The maximum absolute atomic E-state index is 13.8. The molecule has 14 heteroatoms. The van der Waals surface area contributed by atoms with Gasteiger partial charge >= 0.3 is 0 Å². The van der Waals surface area contributed by atoms with Crippen LogP contribution in [0.15, 0.2) is 59.5 Å². The third-order valence-electron chi connectivity index (χ3n) is 5.54. The molecule has 3 amide bonds. The first-order valence-corrected chi connectivity index (χ1v) is 13.8. The second kappa shape index (κ2) is 13.1. The molecule has 0 aromatic heterocycles. The fourth-order valence-electron chi connectivity index (χ4n) is 3.66. The van der Waals surface area contributed by atoms with E-state index < -0.39 is 40.2 Å². The number of carbonyl (C=O) groups is 3. The Morgan fingerprint density at radius 1 is 1.12 bits per heavy atom. The third kappa shape index (κ3) is 7.38. The predicted octanol–water partition coefficient (Wildman–Crippen LogP) is 6.13. The number of rotatable bonds is 10. The number of benzene rings is 3. The van der Waals surface area contributed by atoms with Crippen LogP contribution in [0.5, 0.6) is 11.5 Å². The van der Waals surface area contributed by atoms with Crippen molar-refractivity contribution < 1.29 is 37.6 Å². The van der Waals surface area contributed by atoms with Crippen molar-refractivity contribution in [1.29, 1.82) is 0 Å². The van der Waals surface area contributed by atoms with Gasteiger partial charge in [-0.05, 0) is 94.9 Å². The molecule has 0 spiro atoms. The lowest BCUT2D eigenvalue weighted by Crippen LogP contribution is -2.36. The van der Waals surface area contributed by atoms with E-state index in [2.05, 4.69) is 5.32 Å². The zero-order valence-electron chi connectivity index (χ0n) is 21.2. The number of ether oxygens (including phenoxy) is 2. The number of nitrogens with one attached hydrogen (secondary N) is 1. The third-order valence-corrected chi connectivity index (χ3v) is 7.25. The van der Waals surface area contributed by atoms with Gasteiger partial charge in [0.05, 0.1) is 25.7 Å². The highest BCUT2D eigenvalue weighted by Crippen LogP contribution is 2.38. The molecule has 0 radical (unpaired) electrons. The Balaban J connectivity index is 1.48. The molecule has 1 heterocycles. The van der Waals surface area contributed by atoms with Crippen LogP contribution in [-0.4, -0.2) is 40.0 Å². The fraction of sp³-hybridized carbons (Fsp3) is 0.148. The number of halogens is 3. The highest BCUT2D eigenvalue weighted by molar-refractivity contribution is 14.1. The summed E-state index contributed by atoms with van der Waals surface area (Å²) in [5, 5.41) is 12.4. The Labute approximate surface area is 250 Å². The van der Waals surface area contributed by atoms with Gasteiger partial charge in [0.15, 0.2) is 11.5 Å². The van der Waals surface area contributed by atoms with Crippen LogP contribution in [0.3, 0.4) is 0 Å². The summed E-state index contributed by atoms with van der Waals surface area (Å²) < 4.78 is 39.3. The second-order valence-electron chi connectivity index (χ2n) is 8.42. The molecule has 3 aromatic rings. The molecule has 0 aliphatic carbocycles. The van der Waals surface area contributed by atoms with Crippen molar-refractivity contribution in [2.45, 2.75) is 13.5 Å². The lowest BCUT2D eigenvalue weighted by Gasteiger charge is -2.15. The summed E-state index contributed by atoms with van der Waals surface area (Å²) in [5.74, 6) is -2.54. The van der Waals surface area contributed by atoms with Crippen molar-refractivity contribution in [2.24, 2.45) is 0 Å². The Kier molecular flexibility index (Phi) is 9.54. The lowest BCUT2D eigenvalue weighted by molar-refractivity contribution is -0.384. The summed E-state index contributed by atoms with van der Waals surface area (Å²) in [5.41, 5.74) is 0.920. The molecule has 0 bridgehead atoms. The second-order valence-corrected chi connectivity index (χ2v) is 10.6. The molecule has 212 valence electrons. The van der Waals surface area contributed by atoms with Gasteiger partial charge in [-0.1, -0.05) is 0 Å². The van der Waals surface area contributed by atoms with Crippen molar-refractivity contribution in [3.05, 3.63) is 95.9 Å². The van der Waals surface area contributed by atoms with Crippen molar-refractivity contribution in [3.8, 4) is 11.5 Å². The van der Waals surface area contributed by atoms with E-state index in [1.807, 2.05) is 22.6 Å². The van der Waals surface area contributed by atoms with Crippen molar-refractivity contribution in [1.82, 2.24) is 4.90 Å². The summed E-state index contributed by atoms with van der Waals surface area (Å²) in [6, 6.07) is 11.9. The summed E-state index contributed by atoms with van der Waals surface area (Å²) in [4.78, 5) is 48.9. The molecule has 0 atom stereocenters. The molecule has 41 heavy (non-hydrogen) atoms. The minimum Gasteiger partial charge on any atom is -0.490 e. The topological polar surface area (TPSA) is 128 Å². The SMILES string of the molecule is CCOc1cc(/C=C2/SC(=O)N(CC(=O)Nc3ccc(F)cc3F)C2=O)cc(I)c1OCc1ccc([N+](=O)[O-])cc1. The molecular formula is C27H20F2IN3O7S. The molecule has 1 aliphatic rings. The Bertz CT molecular complexity index is 1570. The van der Waals surface area contributed by atoms with Crippen LogP contribution in [-0.2, 0) is 16.2 Å². The van der Waals surface area contributed by atoms with Gasteiger partial charge in [-0.3, -0.25) is 29.4 Å². The van der Waals surface area contributed by atoms with Gasteiger partial charge in [0.1, 0.15) is 24.8 Å². The molecule has 1 aliphatic heterocycles. The Morgan fingerprint density at radius 2 is 1.85 bits per heavy atom. The van der Waals surface area contributed by atoms with E-state index in [0.29, 0.717) is 50.6 Å². The zero-order valence-corrected chi connectivity index (χ0v) is 24.2. The Hall–Kier alpha value is -4.05. The first kappa shape index (κ1) is 29.9. The van der Waals surface area contributed by atoms with E-state index >= 15 is 0 Å².